The molecule has 10 heavy (non-hydrogen) atoms. The second-order valence-corrected chi connectivity index (χ2v) is 5.07. The first kappa shape index (κ1) is 8.37. The molecular formula is C7H17N2S+. The van der Waals surface area contributed by atoms with Crippen LogP contribution in [0.4, 0.5) is 0 Å². The van der Waals surface area contributed by atoms with E-state index in [2.05, 4.69) is 5.32 Å². The molecule has 1 aliphatic rings. The molecule has 0 atom stereocenters. The topological polar surface area (TPSA) is 38.0 Å². The van der Waals surface area contributed by atoms with Gasteiger partial charge in [-0.05, 0) is 17.4 Å². The molecule has 3 N–H and O–H groups in total. The van der Waals surface area contributed by atoms with Crippen LogP contribution in [0.5, 0.6) is 0 Å². The zero-order chi connectivity index (χ0) is 7.23. The highest BCUT2D eigenvalue weighted by Crippen LogP contribution is 2.01. The lowest BCUT2D eigenvalue weighted by atomic mass is 10.5. The van der Waals surface area contributed by atoms with Gasteiger partial charge in [-0.25, -0.2) is 0 Å². The van der Waals surface area contributed by atoms with Crippen molar-refractivity contribution < 1.29 is 0 Å². The molecule has 0 bridgehead atoms. The third kappa shape index (κ3) is 2.90. The Morgan fingerprint density at radius 3 is 2.60 bits per heavy atom. The van der Waals surface area contributed by atoms with Gasteiger partial charge in [-0.2, -0.15) is 0 Å². The smallest absolute Gasteiger partial charge is 0.120 e. The van der Waals surface area contributed by atoms with E-state index in [0.29, 0.717) is 10.9 Å². The van der Waals surface area contributed by atoms with Gasteiger partial charge in [-0.15, -0.1) is 0 Å². The lowest BCUT2D eigenvalue weighted by Crippen LogP contribution is -2.37. The van der Waals surface area contributed by atoms with Crippen LogP contribution >= 0.6 is 0 Å². The molecule has 0 radical (unpaired) electrons. The van der Waals surface area contributed by atoms with Gasteiger partial charge in [-0.1, -0.05) is 0 Å². The molecule has 0 aromatic rings. The summed E-state index contributed by atoms with van der Waals surface area (Å²) >= 11 is 0. The molecule has 1 saturated heterocycles. The van der Waals surface area contributed by atoms with Crippen LogP contribution in [0, 0.1) is 0 Å². The Bertz CT molecular complexity index is 81.7. The summed E-state index contributed by atoms with van der Waals surface area (Å²) in [6, 6.07) is 0. The maximum atomic E-state index is 5.43. The average molecular weight is 161 g/mol. The standard InChI is InChI=1S/C7H17N2S/c8-2-1-5-10-6-3-9-4-7-10/h9H,1-8H2/q+1. The van der Waals surface area contributed by atoms with Gasteiger partial charge in [0.2, 0.25) is 0 Å². The molecule has 0 amide bonds. The molecule has 1 rings (SSSR count). The largest absolute Gasteiger partial charge is 0.330 e. The van der Waals surface area contributed by atoms with Gasteiger partial charge in [0.05, 0.1) is 0 Å². The first-order valence-electron chi connectivity index (χ1n) is 3.98. The summed E-state index contributed by atoms with van der Waals surface area (Å²) in [5.74, 6) is 4.15. The SMILES string of the molecule is NCCC[S+]1CCNCC1. The molecule has 0 aromatic carbocycles. The summed E-state index contributed by atoms with van der Waals surface area (Å²) in [6.07, 6.45) is 1.23. The third-order valence-corrected chi connectivity index (χ3v) is 4.20. The number of hydrogen-bond acceptors (Lipinski definition) is 2. The summed E-state index contributed by atoms with van der Waals surface area (Å²) in [5.41, 5.74) is 5.43. The van der Waals surface area contributed by atoms with Crippen molar-refractivity contribution in [1.29, 1.82) is 0 Å². The Hall–Kier alpha value is 0.270. The zero-order valence-electron chi connectivity index (χ0n) is 6.44. The Balaban J connectivity index is 2.02. The van der Waals surface area contributed by atoms with Crippen LogP contribution in [0.15, 0.2) is 0 Å². The van der Waals surface area contributed by atoms with Gasteiger partial charge < -0.3 is 11.1 Å². The normalized spacial score (nSPS) is 21.3. The Morgan fingerprint density at radius 2 is 2.00 bits per heavy atom. The molecule has 0 unspecified atom stereocenters. The van der Waals surface area contributed by atoms with E-state index < -0.39 is 0 Å². The fourth-order valence-corrected chi connectivity index (χ4v) is 3.20. The molecule has 1 aliphatic heterocycles. The summed E-state index contributed by atoms with van der Waals surface area (Å²) < 4.78 is 0. The van der Waals surface area contributed by atoms with Crippen molar-refractivity contribution >= 4 is 10.9 Å². The van der Waals surface area contributed by atoms with E-state index in [1.807, 2.05) is 0 Å². The molecule has 0 spiro atoms. The molecule has 60 valence electrons. The second kappa shape index (κ2) is 4.99. The molecule has 0 aliphatic carbocycles. The van der Waals surface area contributed by atoms with Gasteiger partial charge in [0.25, 0.3) is 0 Å². The van der Waals surface area contributed by atoms with Crippen LogP contribution in [-0.4, -0.2) is 36.9 Å². The predicted octanol–water partition coefficient (Wildman–Crippen LogP) is -0.443. The lowest BCUT2D eigenvalue weighted by molar-refractivity contribution is 0.747. The fraction of sp³-hybridized carbons (Fsp3) is 1.00. The van der Waals surface area contributed by atoms with Crippen molar-refractivity contribution in [2.45, 2.75) is 6.42 Å². The van der Waals surface area contributed by atoms with E-state index in [0.717, 1.165) is 6.54 Å². The Morgan fingerprint density at radius 1 is 1.30 bits per heavy atom. The van der Waals surface area contributed by atoms with Crippen LogP contribution in [-0.2, 0) is 10.9 Å². The maximum absolute atomic E-state index is 5.43. The maximum Gasteiger partial charge on any atom is 0.120 e. The van der Waals surface area contributed by atoms with Crippen LogP contribution in [0.2, 0.25) is 0 Å². The highest BCUT2D eigenvalue weighted by Gasteiger charge is 2.19. The monoisotopic (exact) mass is 161 g/mol. The van der Waals surface area contributed by atoms with E-state index in [1.165, 1.54) is 36.8 Å². The van der Waals surface area contributed by atoms with Crippen molar-refractivity contribution in [2.75, 3.05) is 36.9 Å². The molecule has 0 aromatic heterocycles. The second-order valence-electron chi connectivity index (χ2n) is 2.62. The van der Waals surface area contributed by atoms with E-state index in [4.69, 9.17) is 5.73 Å². The summed E-state index contributed by atoms with van der Waals surface area (Å²) in [7, 11) is 0.713. The Labute approximate surface area is 65.9 Å². The molecular weight excluding hydrogens is 144 g/mol. The average Bonchev–Trinajstić information content (AvgIpc) is 2.03. The predicted molar refractivity (Wildman–Crippen MR) is 48.5 cm³/mol. The van der Waals surface area contributed by atoms with Gasteiger partial charge in [-0.3, -0.25) is 0 Å². The first-order valence-corrected chi connectivity index (χ1v) is 5.71. The highest BCUT2D eigenvalue weighted by atomic mass is 32.2. The van der Waals surface area contributed by atoms with E-state index >= 15 is 0 Å². The number of nitrogens with one attached hydrogen (secondary N) is 1. The van der Waals surface area contributed by atoms with Crippen LogP contribution < -0.4 is 11.1 Å². The molecule has 1 fully saturated rings. The minimum absolute atomic E-state index is 0.713. The molecule has 1 heterocycles. The highest BCUT2D eigenvalue weighted by molar-refractivity contribution is 7.96. The number of hydrogen-bond donors (Lipinski definition) is 2. The van der Waals surface area contributed by atoms with Gasteiger partial charge in [0, 0.05) is 19.5 Å². The van der Waals surface area contributed by atoms with Gasteiger partial charge >= 0.3 is 0 Å². The van der Waals surface area contributed by atoms with E-state index in [-0.39, 0.29) is 0 Å². The van der Waals surface area contributed by atoms with Crippen molar-refractivity contribution in [3.05, 3.63) is 0 Å². The summed E-state index contributed by atoms with van der Waals surface area (Å²) in [5, 5.41) is 3.37. The summed E-state index contributed by atoms with van der Waals surface area (Å²) in [6.45, 7) is 3.33. The summed E-state index contributed by atoms with van der Waals surface area (Å²) in [4.78, 5) is 0. The van der Waals surface area contributed by atoms with Crippen molar-refractivity contribution in [3.8, 4) is 0 Å². The van der Waals surface area contributed by atoms with Crippen molar-refractivity contribution in [2.24, 2.45) is 5.73 Å². The van der Waals surface area contributed by atoms with Gasteiger partial charge in [0.15, 0.2) is 0 Å². The quantitative estimate of drug-likeness (QED) is 0.551. The van der Waals surface area contributed by atoms with Gasteiger partial charge in [0.1, 0.15) is 17.3 Å². The molecule has 0 saturated carbocycles. The fourth-order valence-electron chi connectivity index (χ4n) is 1.15. The first-order chi connectivity index (χ1) is 4.93. The Kier molecular flexibility index (Phi) is 4.18. The molecule has 3 heteroatoms. The lowest BCUT2D eigenvalue weighted by Gasteiger charge is -2.14. The van der Waals surface area contributed by atoms with Crippen LogP contribution in [0.1, 0.15) is 6.42 Å². The number of rotatable bonds is 3. The van der Waals surface area contributed by atoms with E-state index in [1.54, 1.807) is 0 Å². The van der Waals surface area contributed by atoms with Crippen molar-refractivity contribution in [3.63, 3.8) is 0 Å². The van der Waals surface area contributed by atoms with Crippen LogP contribution in [0.25, 0.3) is 0 Å². The number of nitrogens with two attached hydrogens (primary N) is 1. The molecule has 2 nitrogen and oxygen atoms in total. The van der Waals surface area contributed by atoms with E-state index in [9.17, 15) is 0 Å². The minimum Gasteiger partial charge on any atom is -0.330 e. The van der Waals surface area contributed by atoms with Crippen molar-refractivity contribution in [1.82, 2.24) is 5.32 Å². The van der Waals surface area contributed by atoms with Crippen LogP contribution in [0.3, 0.4) is 0 Å². The zero-order valence-corrected chi connectivity index (χ0v) is 7.25. The third-order valence-electron chi connectivity index (χ3n) is 1.77. The minimum atomic E-state index is 0.713.